The first-order valence-corrected chi connectivity index (χ1v) is 8.22. The predicted octanol–water partition coefficient (Wildman–Crippen LogP) is 2.88. The minimum atomic E-state index is -1.36. The fourth-order valence-corrected chi connectivity index (χ4v) is 3.32. The summed E-state index contributed by atoms with van der Waals surface area (Å²) in [5, 5.41) is 11.5. The van der Waals surface area contributed by atoms with Crippen LogP contribution < -0.4 is 10.9 Å². The standard InChI is InChI=1S/C18H21FN2O3/c19-16-14(13-7-8-13)5-3-9-18(16,20-17(23)24)10-4-12-21-11-2-1-6-15(21)22/h1-3,5-6,9,11,13,16,20H,4,7-8,10,12H2,(H,23,24). The fourth-order valence-electron chi connectivity index (χ4n) is 3.32. The van der Waals surface area contributed by atoms with Crippen molar-refractivity contribution < 1.29 is 14.3 Å². The number of nitrogens with zero attached hydrogens (tertiary/aromatic N) is 1. The van der Waals surface area contributed by atoms with Crippen molar-refractivity contribution in [3.8, 4) is 0 Å². The van der Waals surface area contributed by atoms with Gasteiger partial charge in [-0.1, -0.05) is 24.3 Å². The normalized spacial score (nSPS) is 26.0. The number of aryl methyl sites for hydroxylation is 1. The average Bonchev–Trinajstić information content (AvgIpc) is 3.36. The predicted molar refractivity (Wildman–Crippen MR) is 88.7 cm³/mol. The van der Waals surface area contributed by atoms with Crippen LogP contribution in [0.5, 0.6) is 0 Å². The number of nitrogens with one attached hydrogen (secondary N) is 1. The molecular weight excluding hydrogens is 311 g/mol. The van der Waals surface area contributed by atoms with Crippen molar-refractivity contribution in [2.45, 2.75) is 43.9 Å². The molecule has 1 amide bonds. The molecule has 1 aromatic rings. The van der Waals surface area contributed by atoms with Crippen LogP contribution in [-0.2, 0) is 6.54 Å². The van der Waals surface area contributed by atoms with Gasteiger partial charge in [-0.25, -0.2) is 9.18 Å². The molecule has 1 fully saturated rings. The van der Waals surface area contributed by atoms with Crippen molar-refractivity contribution in [2.75, 3.05) is 0 Å². The molecule has 2 atom stereocenters. The lowest BCUT2D eigenvalue weighted by atomic mass is 9.79. The van der Waals surface area contributed by atoms with E-state index >= 15 is 4.39 Å². The van der Waals surface area contributed by atoms with E-state index in [9.17, 15) is 9.59 Å². The third-order valence-corrected chi connectivity index (χ3v) is 4.70. The molecule has 0 spiro atoms. The van der Waals surface area contributed by atoms with Crippen molar-refractivity contribution >= 4 is 6.09 Å². The fraction of sp³-hybridized carbons (Fsp3) is 0.444. The van der Waals surface area contributed by atoms with Crippen LogP contribution in [0.25, 0.3) is 0 Å². The van der Waals surface area contributed by atoms with Crippen molar-refractivity contribution in [3.63, 3.8) is 0 Å². The van der Waals surface area contributed by atoms with E-state index in [0.29, 0.717) is 25.0 Å². The monoisotopic (exact) mass is 332 g/mol. The molecule has 3 rings (SSSR count). The quantitative estimate of drug-likeness (QED) is 0.841. The Morgan fingerprint density at radius 2 is 2.21 bits per heavy atom. The Kier molecular flexibility index (Phi) is 4.55. The van der Waals surface area contributed by atoms with Gasteiger partial charge in [0.1, 0.15) is 6.17 Å². The van der Waals surface area contributed by atoms with Crippen molar-refractivity contribution in [1.29, 1.82) is 0 Å². The summed E-state index contributed by atoms with van der Waals surface area (Å²) in [4.78, 5) is 22.9. The number of pyridine rings is 1. The summed E-state index contributed by atoms with van der Waals surface area (Å²) in [6, 6.07) is 4.90. The zero-order chi connectivity index (χ0) is 17.2. The molecule has 2 N–H and O–H groups in total. The van der Waals surface area contributed by atoms with Crippen molar-refractivity contribution in [3.05, 3.63) is 58.6 Å². The van der Waals surface area contributed by atoms with Crippen LogP contribution >= 0.6 is 0 Å². The van der Waals surface area contributed by atoms with E-state index in [1.165, 1.54) is 6.07 Å². The van der Waals surface area contributed by atoms with Crippen LogP contribution in [0.1, 0.15) is 25.7 Å². The van der Waals surface area contributed by atoms with E-state index in [-0.39, 0.29) is 11.5 Å². The van der Waals surface area contributed by atoms with Crippen LogP contribution in [0.3, 0.4) is 0 Å². The number of hydrogen-bond acceptors (Lipinski definition) is 2. The molecule has 1 saturated carbocycles. The Morgan fingerprint density at radius 3 is 2.88 bits per heavy atom. The lowest BCUT2D eigenvalue weighted by molar-refractivity contribution is 0.154. The minimum absolute atomic E-state index is 0.118. The molecule has 1 heterocycles. The maximum Gasteiger partial charge on any atom is 0.405 e. The molecule has 2 aliphatic rings. The summed E-state index contributed by atoms with van der Waals surface area (Å²) in [5.74, 6) is 0.233. The van der Waals surface area contributed by atoms with Gasteiger partial charge in [-0.15, -0.1) is 0 Å². The Morgan fingerprint density at radius 1 is 1.42 bits per heavy atom. The molecular formula is C18H21FN2O3. The molecule has 24 heavy (non-hydrogen) atoms. The Hall–Kier alpha value is -2.37. The van der Waals surface area contributed by atoms with E-state index in [0.717, 1.165) is 12.8 Å². The molecule has 2 unspecified atom stereocenters. The largest absolute Gasteiger partial charge is 0.465 e. The molecule has 0 aromatic carbocycles. The van der Waals surface area contributed by atoms with Gasteiger partial charge in [0.2, 0.25) is 5.56 Å². The number of allylic oxidation sites excluding steroid dienone is 2. The first-order valence-electron chi connectivity index (χ1n) is 8.22. The summed E-state index contributed by atoms with van der Waals surface area (Å²) in [7, 11) is 0. The lowest BCUT2D eigenvalue weighted by Gasteiger charge is -2.37. The highest BCUT2D eigenvalue weighted by Gasteiger charge is 2.45. The van der Waals surface area contributed by atoms with Crippen molar-refractivity contribution in [2.24, 2.45) is 5.92 Å². The van der Waals surface area contributed by atoms with E-state index in [1.807, 2.05) is 0 Å². The van der Waals surface area contributed by atoms with Gasteiger partial charge in [-0.3, -0.25) is 4.79 Å². The highest BCUT2D eigenvalue weighted by Crippen LogP contribution is 2.44. The van der Waals surface area contributed by atoms with Gasteiger partial charge in [-0.2, -0.15) is 0 Å². The first kappa shape index (κ1) is 16.5. The number of rotatable bonds is 6. The Labute approximate surface area is 139 Å². The molecule has 2 aliphatic carbocycles. The second kappa shape index (κ2) is 6.63. The number of amides is 1. The number of carboxylic acid groups (broad SMARTS) is 1. The van der Waals surface area contributed by atoms with Gasteiger partial charge in [0.25, 0.3) is 0 Å². The van der Waals surface area contributed by atoms with Gasteiger partial charge in [0.05, 0.1) is 5.54 Å². The molecule has 0 radical (unpaired) electrons. The topological polar surface area (TPSA) is 71.3 Å². The molecule has 0 aliphatic heterocycles. The first-order chi connectivity index (χ1) is 11.5. The van der Waals surface area contributed by atoms with Gasteiger partial charge < -0.3 is 15.0 Å². The van der Waals surface area contributed by atoms with E-state index in [1.54, 1.807) is 41.1 Å². The number of aromatic nitrogens is 1. The van der Waals surface area contributed by atoms with E-state index < -0.39 is 17.8 Å². The van der Waals surface area contributed by atoms with Gasteiger partial charge >= 0.3 is 6.09 Å². The molecule has 6 heteroatoms. The zero-order valence-corrected chi connectivity index (χ0v) is 13.3. The second-order valence-electron chi connectivity index (χ2n) is 6.47. The second-order valence-corrected chi connectivity index (χ2v) is 6.47. The average molecular weight is 332 g/mol. The van der Waals surface area contributed by atoms with Crippen molar-refractivity contribution in [1.82, 2.24) is 9.88 Å². The van der Waals surface area contributed by atoms with Crippen LogP contribution in [-0.4, -0.2) is 27.5 Å². The third-order valence-electron chi connectivity index (χ3n) is 4.70. The SMILES string of the molecule is O=C(O)NC1(CCCn2ccccc2=O)C=CC=C(C2CC2)C1F. The summed E-state index contributed by atoms with van der Waals surface area (Å²) in [6.07, 6.45) is 6.90. The molecule has 128 valence electrons. The zero-order valence-electron chi connectivity index (χ0n) is 13.3. The maximum atomic E-state index is 15.1. The summed E-state index contributed by atoms with van der Waals surface area (Å²) in [6.45, 7) is 0.422. The third kappa shape index (κ3) is 3.42. The molecule has 0 bridgehead atoms. The van der Waals surface area contributed by atoms with Gasteiger partial charge in [-0.05, 0) is 43.2 Å². The Bertz CT molecular complexity index is 736. The van der Waals surface area contributed by atoms with Gasteiger partial charge in [0, 0.05) is 18.8 Å². The number of hydrogen-bond donors (Lipinski definition) is 2. The molecule has 5 nitrogen and oxygen atoms in total. The highest BCUT2D eigenvalue weighted by atomic mass is 19.1. The van der Waals surface area contributed by atoms with E-state index in [2.05, 4.69) is 5.32 Å². The number of halogens is 1. The molecule has 0 saturated heterocycles. The summed E-state index contributed by atoms with van der Waals surface area (Å²) in [5.41, 5.74) is -0.688. The van der Waals surface area contributed by atoms with Gasteiger partial charge in [0.15, 0.2) is 0 Å². The maximum absolute atomic E-state index is 15.1. The van der Waals surface area contributed by atoms with Crippen LogP contribution in [0.15, 0.2) is 53.0 Å². The lowest BCUT2D eigenvalue weighted by Crippen LogP contribution is -2.55. The van der Waals surface area contributed by atoms with Crippen LogP contribution in [0.2, 0.25) is 0 Å². The summed E-state index contributed by atoms with van der Waals surface area (Å²) >= 11 is 0. The molecule has 1 aromatic heterocycles. The minimum Gasteiger partial charge on any atom is -0.465 e. The number of alkyl halides is 1. The smallest absolute Gasteiger partial charge is 0.405 e. The van der Waals surface area contributed by atoms with E-state index in [4.69, 9.17) is 5.11 Å². The van der Waals surface area contributed by atoms with Crippen LogP contribution in [0.4, 0.5) is 9.18 Å². The summed E-state index contributed by atoms with van der Waals surface area (Å²) < 4.78 is 16.7. The van der Waals surface area contributed by atoms with Crippen LogP contribution in [0, 0.1) is 5.92 Å². The Balaban J connectivity index is 1.73. The number of carbonyl (C=O) groups is 1. The highest BCUT2D eigenvalue weighted by molar-refractivity contribution is 5.67.